The van der Waals surface area contributed by atoms with Gasteiger partial charge in [-0.25, -0.2) is 13.1 Å². The molecule has 0 heterocycles. The molecule has 2 rings (SSSR count). The summed E-state index contributed by atoms with van der Waals surface area (Å²) in [6, 6.07) is 16.4. The highest BCUT2D eigenvalue weighted by Crippen LogP contribution is 2.17. The number of sulfonamides is 1. The highest BCUT2D eigenvalue weighted by molar-refractivity contribution is 7.89. The number of rotatable bonds is 7. The van der Waals surface area contributed by atoms with Crippen molar-refractivity contribution in [1.82, 2.24) is 4.72 Å². The Balaban J connectivity index is 2.26. The molecule has 24 heavy (non-hydrogen) atoms. The van der Waals surface area contributed by atoms with Gasteiger partial charge in [-0.15, -0.1) is 6.58 Å². The van der Waals surface area contributed by atoms with Gasteiger partial charge in [0.25, 0.3) is 0 Å². The van der Waals surface area contributed by atoms with Crippen molar-refractivity contribution >= 4 is 16.1 Å². The second kappa shape index (κ2) is 8.08. The number of nitrogens with one attached hydrogen (secondary N) is 1. The predicted molar refractivity (Wildman–Crippen MR) is 100 cm³/mol. The number of benzene rings is 2. The van der Waals surface area contributed by atoms with Crippen molar-refractivity contribution in [2.24, 2.45) is 0 Å². The van der Waals surface area contributed by atoms with Gasteiger partial charge in [0.2, 0.25) is 10.0 Å². The second-order valence-electron chi connectivity index (χ2n) is 5.81. The molecule has 2 aromatic rings. The molecule has 4 heteroatoms. The van der Waals surface area contributed by atoms with E-state index in [1.165, 1.54) is 0 Å². The third-order valence-electron chi connectivity index (χ3n) is 3.77. The zero-order chi connectivity index (χ0) is 17.6. The quantitative estimate of drug-likeness (QED) is 0.762. The summed E-state index contributed by atoms with van der Waals surface area (Å²) in [5.41, 5.74) is 3.01. The Morgan fingerprint density at radius 1 is 1.12 bits per heavy atom. The molecule has 0 aliphatic rings. The van der Waals surface area contributed by atoms with Crippen molar-refractivity contribution in [3.05, 3.63) is 84.0 Å². The zero-order valence-electron chi connectivity index (χ0n) is 14.1. The number of hydrogen-bond acceptors (Lipinski definition) is 2. The monoisotopic (exact) mass is 341 g/mol. The molecule has 0 fully saturated rings. The van der Waals surface area contributed by atoms with Crippen LogP contribution in [-0.2, 0) is 10.0 Å². The summed E-state index contributed by atoms with van der Waals surface area (Å²) in [4.78, 5) is 0.273. The minimum absolute atomic E-state index is 0.273. The van der Waals surface area contributed by atoms with E-state index in [1.807, 2.05) is 50.3 Å². The first kappa shape index (κ1) is 18.2. The Hall–Kier alpha value is -2.17. The minimum Gasteiger partial charge on any atom is -0.207 e. The van der Waals surface area contributed by atoms with Gasteiger partial charge in [-0.3, -0.25) is 0 Å². The van der Waals surface area contributed by atoms with E-state index in [4.69, 9.17) is 0 Å². The molecule has 0 saturated carbocycles. The van der Waals surface area contributed by atoms with Crippen molar-refractivity contribution in [3.8, 4) is 0 Å². The van der Waals surface area contributed by atoms with Crippen LogP contribution in [0.4, 0.5) is 0 Å². The summed E-state index contributed by atoms with van der Waals surface area (Å²) in [6.45, 7) is 7.60. The van der Waals surface area contributed by atoms with Gasteiger partial charge in [-0.05, 0) is 38.0 Å². The van der Waals surface area contributed by atoms with Gasteiger partial charge in [0, 0.05) is 6.04 Å². The first-order chi connectivity index (χ1) is 11.4. The van der Waals surface area contributed by atoms with Gasteiger partial charge in [0.1, 0.15) is 0 Å². The maximum atomic E-state index is 12.6. The topological polar surface area (TPSA) is 46.2 Å². The van der Waals surface area contributed by atoms with Crippen LogP contribution >= 0.6 is 0 Å². The molecule has 1 atom stereocenters. The van der Waals surface area contributed by atoms with Gasteiger partial charge >= 0.3 is 0 Å². The Kier molecular flexibility index (Phi) is 6.12. The van der Waals surface area contributed by atoms with E-state index >= 15 is 0 Å². The number of hydrogen-bond donors (Lipinski definition) is 1. The molecule has 2 aromatic carbocycles. The van der Waals surface area contributed by atoms with E-state index in [9.17, 15) is 8.42 Å². The van der Waals surface area contributed by atoms with Crippen LogP contribution in [0.2, 0.25) is 0 Å². The first-order valence-electron chi connectivity index (χ1n) is 7.85. The minimum atomic E-state index is -3.57. The molecule has 0 aliphatic heterocycles. The lowest BCUT2D eigenvalue weighted by Crippen LogP contribution is -2.35. The molecular formula is C20H23NO2S. The largest absolute Gasteiger partial charge is 0.241 e. The molecule has 0 radical (unpaired) electrons. The Bertz CT molecular complexity index is 806. The molecule has 0 spiro atoms. The van der Waals surface area contributed by atoms with Crippen molar-refractivity contribution in [3.63, 3.8) is 0 Å². The lowest BCUT2D eigenvalue weighted by molar-refractivity contribution is 0.567. The summed E-state index contributed by atoms with van der Waals surface area (Å²) in [5.74, 6) is 0. The Morgan fingerprint density at radius 2 is 1.75 bits per heavy atom. The molecule has 0 amide bonds. The van der Waals surface area contributed by atoms with Crippen LogP contribution in [0.25, 0.3) is 6.08 Å². The van der Waals surface area contributed by atoms with E-state index in [2.05, 4.69) is 11.3 Å². The molecule has 3 nitrogen and oxygen atoms in total. The van der Waals surface area contributed by atoms with Crippen molar-refractivity contribution in [1.29, 1.82) is 0 Å². The van der Waals surface area contributed by atoms with Crippen LogP contribution in [0.3, 0.4) is 0 Å². The van der Waals surface area contributed by atoms with Crippen LogP contribution in [-0.4, -0.2) is 14.5 Å². The smallest absolute Gasteiger partial charge is 0.207 e. The maximum Gasteiger partial charge on any atom is 0.241 e. The third-order valence-corrected chi connectivity index (χ3v) is 5.26. The maximum absolute atomic E-state index is 12.6. The lowest BCUT2D eigenvalue weighted by atomic mass is 10.0. The van der Waals surface area contributed by atoms with Crippen LogP contribution in [0, 0.1) is 6.92 Å². The fourth-order valence-electron chi connectivity index (χ4n) is 2.38. The highest BCUT2D eigenvalue weighted by atomic mass is 32.2. The number of aryl methyl sites for hydroxylation is 1. The third kappa shape index (κ3) is 4.91. The molecule has 0 bridgehead atoms. The van der Waals surface area contributed by atoms with Crippen LogP contribution in [0.1, 0.15) is 24.5 Å². The van der Waals surface area contributed by atoms with Crippen molar-refractivity contribution in [2.75, 3.05) is 0 Å². The van der Waals surface area contributed by atoms with Crippen LogP contribution in [0.5, 0.6) is 0 Å². The fraction of sp³-hybridized carbons (Fsp3) is 0.200. The first-order valence-corrected chi connectivity index (χ1v) is 9.34. The summed E-state index contributed by atoms with van der Waals surface area (Å²) in [5, 5.41) is 0. The zero-order valence-corrected chi connectivity index (χ0v) is 14.9. The molecule has 0 aliphatic carbocycles. The van der Waals surface area contributed by atoms with E-state index in [1.54, 1.807) is 30.3 Å². The molecule has 0 aromatic heterocycles. The summed E-state index contributed by atoms with van der Waals surface area (Å²) in [6.07, 6.45) is 4.25. The normalized spacial score (nSPS) is 13.5. The second-order valence-corrected chi connectivity index (χ2v) is 7.52. The van der Waals surface area contributed by atoms with E-state index in [0.717, 1.165) is 16.7 Å². The average Bonchev–Trinajstić information content (AvgIpc) is 2.55. The summed E-state index contributed by atoms with van der Waals surface area (Å²) in [7, 11) is -3.57. The molecule has 1 unspecified atom stereocenters. The predicted octanol–water partition coefficient (Wildman–Crippen LogP) is 4.32. The van der Waals surface area contributed by atoms with E-state index in [0.29, 0.717) is 6.42 Å². The van der Waals surface area contributed by atoms with Gasteiger partial charge in [-0.1, -0.05) is 65.8 Å². The van der Waals surface area contributed by atoms with Gasteiger partial charge < -0.3 is 0 Å². The summed E-state index contributed by atoms with van der Waals surface area (Å²) < 4.78 is 28.0. The molecule has 126 valence electrons. The Morgan fingerprint density at radius 3 is 2.33 bits per heavy atom. The lowest BCUT2D eigenvalue weighted by Gasteiger charge is -2.18. The van der Waals surface area contributed by atoms with E-state index < -0.39 is 10.0 Å². The average molecular weight is 341 g/mol. The standard InChI is InChI=1S/C20H23NO2S/c1-4-8-20(17(3)15-18-9-6-5-7-10-18)21-24(22,23)19-13-11-16(2)12-14-19/h4-7,9-15,20-21H,1,8H2,2-3H3/b17-15+. The van der Waals surface area contributed by atoms with Gasteiger partial charge in [-0.2, -0.15) is 0 Å². The Labute approximate surface area is 144 Å². The molecule has 1 N–H and O–H groups in total. The SMILES string of the molecule is C=CCC(NS(=O)(=O)c1ccc(C)cc1)/C(C)=C/c1ccccc1. The molecular weight excluding hydrogens is 318 g/mol. The van der Waals surface area contributed by atoms with Crippen LogP contribution < -0.4 is 4.72 Å². The van der Waals surface area contributed by atoms with Gasteiger partial charge in [0.05, 0.1) is 4.90 Å². The summed E-state index contributed by atoms with van der Waals surface area (Å²) >= 11 is 0. The van der Waals surface area contributed by atoms with E-state index in [-0.39, 0.29) is 10.9 Å². The fourth-order valence-corrected chi connectivity index (χ4v) is 3.67. The van der Waals surface area contributed by atoms with Gasteiger partial charge in [0.15, 0.2) is 0 Å². The van der Waals surface area contributed by atoms with Crippen LogP contribution in [0.15, 0.2) is 77.7 Å². The molecule has 0 saturated heterocycles. The van der Waals surface area contributed by atoms with Crippen molar-refractivity contribution in [2.45, 2.75) is 31.2 Å². The van der Waals surface area contributed by atoms with Crippen molar-refractivity contribution < 1.29 is 8.42 Å². The highest BCUT2D eigenvalue weighted by Gasteiger charge is 2.20.